The number of carbonyl (C=O) groups excluding carboxylic acids is 2. The molecule has 1 amide bonds. The molecule has 3 aromatic rings. The summed E-state index contributed by atoms with van der Waals surface area (Å²) in [6, 6.07) is 5.21. The number of fused-ring (bicyclic) bond motifs is 1. The number of H-pyrrole nitrogens is 1. The van der Waals surface area contributed by atoms with E-state index in [9.17, 15) is 29.2 Å². The van der Waals surface area contributed by atoms with Crippen LogP contribution in [0, 0.1) is 15.9 Å². The molecule has 0 saturated carbocycles. The number of phenols is 1. The van der Waals surface area contributed by atoms with Gasteiger partial charge in [0.2, 0.25) is 11.7 Å². The molecule has 2 aromatic carbocycles. The van der Waals surface area contributed by atoms with Gasteiger partial charge in [0, 0.05) is 18.3 Å². The van der Waals surface area contributed by atoms with E-state index in [0.29, 0.717) is 28.0 Å². The minimum absolute atomic E-state index is 0.0456. The van der Waals surface area contributed by atoms with E-state index in [1.807, 2.05) is 0 Å². The van der Waals surface area contributed by atoms with Crippen LogP contribution < -0.4 is 0 Å². The number of nitrogens with one attached hydrogen (secondary N) is 1. The van der Waals surface area contributed by atoms with Crippen molar-refractivity contribution < 1.29 is 24.0 Å². The third-order valence-electron chi connectivity index (χ3n) is 5.75. The fourth-order valence-corrected chi connectivity index (χ4v) is 4.21. The minimum Gasteiger partial charge on any atom is -0.508 e. The zero-order chi connectivity index (χ0) is 25.2. The van der Waals surface area contributed by atoms with E-state index in [2.05, 4.69) is 4.98 Å². The topological polar surface area (TPSA) is 120 Å². The molecule has 0 bridgehead atoms. The van der Waals surface area contributed by atoms with Gasteiger partial charge in [-0.1, -0.05) is 11.6 Å². The van der Waals surface area contributed by atoms with E-state index < -0.39 is 34.4 Å². The third-order valence-corrected chi connectivity index (χ3v) is 5.96. The molecule has 2 N–H and O–H groups in total. The second kappa shape index (κ2) is 10.2. The first-order chi connectivity index (χ1) is 16.0. The van der Waals surface area contributed by atoms with Crippen LogP contribution in [0.15, 0.2) is 36.5 Å². The minimum atomic E-state index is -0.964. The van der Waals surface area contributed by atoms with E-state index in [0.717, 1.165) is 6.07 Å². The largest absolute Gasteiger partial charge is 0.508 e. The molecule has 0 aliphatic rings. The number of likely N-dealkylation sites (N-methyl/N-ethyl adjacent to an activating group) is 2. The predicted molar refractivity (Wildman–Crippen MR) is 126 cm³/mol. The summed E-state index contributed by atoms with van der Waals surface area (Å²) >= 11 is 5.97. The van der Waals surface area contributed by atoms with Crippen molar-refractivity contribution in [3.8, 4) is 5.75 Å². The lowest BCUT2D eigenvalue weighted by molar-refractivity contribution is -0.385. The Hall–Kier alpha value is -3.50. The van der Waals surface area contributed by atoms with Crippen LogP contribution in [0.5, 0.6) is 5.75 Å². The number of rotatable bonds is 9. The Bertz CT molecular complexity index is 1230. The number of nitrogens with zero attached hydrogens (tertiary/aromatic N) is 3. The van der Waals surface area contributed by atoms with Crippen molar-refractivity contribution in [2.45, 2.75) is 24.9 Å². The molecule has 1 heterocycles. The highest BCUT2D eigenvalue weighted by Gasteiger charge is 2.31. The number of aromatic amines is 1. The lowest BCUT2D eigenvalue weighted by Crippen LogP contribution is -2.50. The number of amides is 1. The number of aromatic nitrogens is 1. The first-order valence-electron chi connectivity index (χ1n) is 10.3. The van der Waals surface area contributed by atoms with E-state index >= 15 is 0 Å². The summed E-state index contributed by atoms with van der Waals surface area (Å²) in [7, 11) is 4.83. The van der Waals surface area contributed by atoms with Gasteiger partial charge in [0.15, 0.2) is 0 Å². The number of hydrogen-bond acceptors (Lipinski definition) is 6. The van der Waals surface area contributed by atoms with Gasteiger partial charge in [-0.15, -0.1) is 0 Å². The quantitative estimate of drug-likeness (QED) is 0.270. The van der Waals surface area contributed by atoms with E-state index in [-0.39, 0.29) is 24.0 Å². The first-order valence-corrected chi connectivity index (χ1v) is 10.7. The smallest absolute Gasteiger partial charge is 0.314 e. The first kappa shape index (κ1) is 25.1. The highest BCUT2D eigenvalue weighted by atomic mass is 35.5. The molecule has 11 heteroatoms. The van der Waals surface area contributed by atoms with Crippen molar-refractivity contribution in [3.05, 3.63) is 68.6 Å². The second-order valence-electron chi connectivity index (χ2n) is 8.25. The standard InChI is InChI=1S/C23H24ClFN4O5/c1-27(2)20(9-14-11-26-19-5-4-18(25)22(21(14)19)29(33)34)23(32)28(3)16(12-30)7-13-6-15(24)10-17(31)8-13/h4-6,8,10-12,16,20,26,31H,7,9H2,1-3H3. The monoisotopic (exact) mass is 490 g/mol. The van der Waals surface area contributed by atoms with Crippen molar-refractivity contribution in [3.63, 3.8) is 0 Å². The molecule has 0 radical (unpaired) electrons. The molecule has 2 atom stereocenters. The predicted octanol–water partition coefficient (Wildman–Crippen LogP) is 3.32. The number of benzene rings is 2. The van der Waals surface area contributed by atoms with Crippen molar-refractivity contribution >= 4 is 40.4 Å². The third kappa shape index (κ3) is 5.18. The van der Waals surface area contributed by atoms with Crippen LogP contribution in [0.1, 0.15) is 11.1 Å². The average molecular weight is 491 g/mol. The summed E-state index contributed by atoms with van der Waals surface area (Å²) < 4.78 is 14.2. The summed E-state index contributed by atoms with van der Waals surface area (Å²) in [5, 5.41) is 21.7. The van der Waals surface area contributed by atoms with Crippen molar-refractivity contribution in [2.24, 2.45) is 0 Å². The number of nitro groups is 1. The van der Waals surface area contributed by atoms with Crippen LogP contribution in [-0.4, -0.2) is 70.2 Å². The maximum Gasteiger partial charge on any atom is 0.314 e. The fourth-order valence-electron chi connectivity index (χ4n) is 3.95. The lowest BCUT2D eigenvalue weighted by Gasteiger charge is -2.31. The number of phenolic OH excluding ortho intramolecular Hbond substituents is 1. The zero-order valence-electron chi connectivity index (χ0n) is 18.8. The molecule has 9 nitrogen and oxygen atoms in total. The maximum atomic E-state index is 14.2. The van der Waals surface area contributed by atoms with Gasteiger partial charge in [-0.3, -0.25) is 19.8 Å². The Morgan fingerprint density at radius 3 is 2.56 bits per heavy atom. The van der Waals surface area contributed by atoms with Crippen LogP contribution >= 0.6 is 11.6 Å². The molecule has 0 saturated heterocycles. The summed E-state index contributed by atoms with van der Waals surface area (Å²) in [4.78, 5) is 41.8. The Morgan fingerprint density at radius 1 is 1.26 bits per heavy atom. The van der Waals surface area contributed by atoms with Crippen LogP contribution in [0.2, 0.25) is 5.02 Å². The Labute approximate surface area is 199 Å². The van der Waals surface area contributed by atoms with Crippen molar-refractivity contribution in [1.82, 2.24) is 14.8 Å². The van der Waals surface area contributed by atoms with Crippen molar-refractivity contribution in [2.75, 3.05) is 21.1 Å². The molecule has 1 aromatic heterocycles. The number of aromatic hydroxyl groups is 1. The van der Waals surface area contributed by atoms with Gasteiger partial charge < -0.3 is 19.8 Å². The number of hydrogen-bond donors (Lipinski definition) is 2. The molecular formula is C23H24ClFN4O5. The fraction of sp³-hybridized carbons (Fsp3) is 0.304. The molecule has 3 rings (SSSR count). The molecule has 0 fully saturated rings. The van der Waals surface area contributed by atoms with Gasteiger partial charge in [0.25, 0.3) is 0 Å². The molecule has 0 aliphatic carbocycles. The SMILES string of the molecule is CN(C)C(Cc1c[nH]c2ccc(F)c([N+](=O)[O-])c12)C(=O)N(C)C(C=O)Cc1cc(O)cc(Cl)c1. The molecule has 2 unspecified atom stereocenters. The lowest BCUT2D eigenvalue weighted by atomic mass is 10.00. The van der Waals surface area contributed by atoms with Crippen LogP contribution in [0.25, 0.3) is 10.9 Å². The van der Waals surface area contributed by atoms with E-state index in [1.165, 1.54) is 36.3 Å². The highest BCUT2D eigenvalue weighted by molar-refractivity contribution is 6.30. The summed E-state index contributed by atoms with van der Waals surface area (Å²) in [6.07, 6.45) is 2.33. The van der Waals surface area contributed by atoms with E-state index in [4.69, 9.17) is 11.6 Å². The summed E-state index contributed by atoms with van der Waals surface area (Å²) in [5.41, 5.74) is 0.710. The maximum absolute atomic E-state index is 14.2. The molecule has 34 heavy (non-hydrogen) atoms. The summed E-state index contributed by atoms with van der Waals surface area (Å²) in [6.45, 7) is 0. The highest BCUT2D eigenvalue weighted by Crippen LogP contribution is 2.32. The zero-order valence-corrected chi connectivity index (χ0v) is 19.5. The van der Waals surface area contributed by atoms with Gasteiger partial charge in [0.05, 0.1) is 27.9 Å². The van der Waals surface area contributed by atoms with Gasteiger partial charge in [0.1, 0.15) is 12.0 Å². The Kier molecular flexibility index (Phi) is 7.53. The van der Waals surface area contributed by atoms with Crippen LogP contribution in [-0.2, 0) is 22.4 Å². The van der Waals surface area contributed by atoms with Gasteiger partial charge >= 0.3 is 5.69 Å². The van der Waals surface area contributed by atoms with Gasteiger partial charge in [-0.2, -0.15) is 4.39 Å². The number of aldehydes is 1. The van der Waals surface area contributed by atoms with Crippen LogP contribution in [0.3, 0.4) is 0 Å². The van der Waals surface area contributed by atoms with Crippen LogP contribution in [0.4, 0.5) is 10.1 Å². The van der Waals surface area contributed by atoms with Gasteiger partial charge in [-0.25, -0.2) is 0 Å². The Balaban J connectivity index is 1.90. The molecule has 0 spiro atoms. The van der Waals surface area contributed by atoms with Gasteiger partial charge in [-0.05, 0) is 68.4 Å². The number of nitro benzene ring substituents is 1. The van der Waals surface area contributed by atoms with Crippen molar-refractivity contribution in [1.29, 1.82) is 0 Å². The summed E-state index contributed by atoms with van der Waals surface area (Å²) in [5.74, 6) is -1.42. The van der Waals surface area contributed by atoms with E-state index in [1.54, 1.807) is 25.1 Å². The molecule has 0 aliphatic heterocycles. The number of halogens is 2. The Morgan fingerprint density at radius 2 is 1.97 bits per heavy atom. The normalized spacial score (nSPS) is 13.1. The molecular weight excluding hydrogens is 467 g/mol. The average Bonchev–Trinajstić information content (AvgIpc) is 3.16. The number of carbonyl (C=O) groups is 2. The molecule has 180 valence electrons. The second-order valence-corrected chi connectivity index (χ2v) is 8.68.